The lowest BCUT2D eigenvalue weighted by atomic mass is 10.2. The predicted octanol–water partition coefficient (Wildman–Crippen LogP) is 2.05. The minimum Gasteiger partial charge on any atom is -0.504 e. The molecule has 1 fully saturated rings. The van der Waals surface area contributed by atoms with Crippen LogP contribution in [0.1, 0.15) is 18.4 Å². The molecule has 1 aromatic carbocycles. The molecule has 1 amide bonds. The molecule has 0 radical (unpaired) electrons. The second-order valence-electron chi connectivity index (χ2n) is 5.18. The number of benzene rings is 1. The first-order valence-corrected chi connectivity index (χ1v) is 7.28. The van der Waals surface area contributed by atoms with Gasteiger partial charge in [-0.2, -0.15) is 0 Å². The van der Waals surface area contributed by atoms with Gasteiger partial charge in [0.25, 0.3) is 0 Å². The van der Waals surface area contributed by atoms with Crippen molar-refractivity contribution in [3.8, 4) is 11.5 Å². The van der Waals surface area contributed by atoms with Crippen LogP contribution in [0.2, 0.25) is 0 Å². The SMILES string of the molecule is COc1cc(C=CC=CC(=O)N2CCCC2C(=O)O)ccc1O. The number of aliphatic carboxylic acids is 1. The van der Waals surface area contributed by atoms with Gasteiger partial charge in [0.15, 0.2) is 11.5 Å². The van der Waals surface area contributed by atoms with Crippen LogP contribution in [0, 0.1) is 0 Å². The van der Waals surface area contributed by atoms with E-state index >= 15 is 0 Å². The average Bonchev–Trinajstić information content (AvgIpc) is 3.02. The van der Waals surface area contributed by atoms with E-state index in [0.29, 0.717) is 25.1 Å². The summed E-state index contributed by atoms with van der Waals surface area (Å²) >= 11 is 0. The number of nitrogens with zero attached hydrogens (tertiary/aromatic N) is 1. The summed E-state index contributed by atoms with van der Waals surface area (Å²) in [6.07, 6.45) is 7.56. The van der Waals surface area contributed by atoms with Gasteiger partial charge in [0, 0.05) is 12.6 Å². The molecular formula is C17H19NO5. The number of rotatable bonds is 5. The first kappa shape index (κ1) is 16.6. The first-order valence-electron chi connectivity index (χ1n) is 7.28. The monoisotopic (exact) mass is 317 g/mol. The number of carboxylic acids is 1. The van der Waals surface area contributed by atoms with Gasteiger partial charge < -0.3 is 19.8 Å². The molecule has 0 bridgehead atoms. The zero-order chi connectivity index (χ0) is 16.8. The summed E-state index contributed by atoms with van der Waals surface area (Å²) in [6, 6.07) is 4.18. The van der Waals surface area contributed by atoms with Crippen molar-refractivity contribution in [3.63, 3.8) is 0 Å². The van der Waals surface area contributed by atoms with E-state index in [1.54, 1.807) is 30.4 Å². The third kappa shape index (κ3) is 4.12. The number of hydrogen-bond acceptors (Lipinski definition) is 4. The van der Waals surface area contributed by atoms with Gasteiger partial charge in [-0.05, 0) is 30.5 Å². The Labute approximate surface area is 134 Å². The van der Waals surface area contributed by atoms with Crippen molar-refractivity contribution < 1.29 is 24.5 Å². The Morgan fingerprint density at radius 2 is 2.13 bits per heavy atom. The highest BCUT2D eigenvalue weighted by atomic mass is 16.5. The summed E-state index contributed by atoms with van der Waals surface area (Å²) in [5.41, 5.74) is 0.807. The molecule has 0 saturated carbocycles. The molecule has 6 heteroatoms. The van der Waals surface area contributed by atoms with E-state index in [9.17, 15) is 14.7 Å². The highest BCUT2D eigenvalue weighted by Crippen LogP contribution is 2.26. The maximum Gasteiger partial charge on any atom is 0.326 e. The highest BCUT2D eigenvalue weighted by molar-refractivity contribution is 5.92. The van der Waals surface area contributed by atoms with Crippen LogP contribution in [0.15, 0.2) is 36.4 Å². The van der Waals surface area contributed by atoms with Gasteiger partial charge in [-0.15, -0.1) is 0 Å². The summed E-state index contributed by atoms with van der Waals surface area (Å²) < 4.78 is 5.01. The molecule has 2 N–H and O–H groups in total. The highest BCUT2D eigenvalue weighted by Gasteiger charge is 2.32. The lowest BCUT2D eigenvalue weighted by Crippen LogP contribution is -2.39. The summed E-state index contributed by atoms with van der Waals surface area (Å²) in [5.74, 6) is -0.837. The smallest absolute Gasteiger partial charge is 0.326 e. The van der Waals surface area contributed by atoms with Gasteiger partial charge in [0.2, 0.25) is 5.91 Å². The van der Waals surface area contributed by atoms with Gasteiger partial charge in [-0.3, -0.25) is 4.79 Å². The van der Waals surface area contributed by atoms with Gasteiger partial charge >= 0.3 is 5.97 Å². The number of ether oxygens (including phenoxy) is 1. The van der Waals surface area contributed by atoms with Crippen LogP contribution >= 0.6 is 0 Å². The number of amides is 1. The van der Waals surface area contributed by atoms with Gasteiger partial charge in [-0.1, -0.05) is 24.3 Å². The zero-order valence-electron chi connectivity index (χ0n) is 12.8. The molecule has 23 heavy (non-hydrogen) atoms. The van der Waals surface area contributed by atoms with E-state index in [4.69, 9.17) is 9.84 Å². The third-order valence-corrected chi connectivity index (χ3v) is 3.66. The van der Waals surface area contributed by atoms with Gasteiger partial charge in [-0.25, -0.2) is 4.79 Å². The molecule has 1 heterocycles. The third-order valence-electron chi connectivity index (χ3n) is 3.66. The fraction of sp³-hybridized carbons (Fsp3) is 0.294. The van der Waals surface area contributed by atoms with E-state index in [1.165, 1.54) is 24.2 Å². The number of carbonyl (C=O) groups is 2. The Morgan fingerprint density at radius 3 is 2.83 bits per heavy atom. The summed E-state index contributed by atoms with van der Waals surface area (Å²) in [6.45, 7) is 0.471. The lowest BCUT2D eigenvalue weighted by Gasteiger charge is -2.19. The van der Waals surface area contributed by atoms with Crippen LogP contribution in [-0.4, -0.2) is 46.7 Å². The van der Waals surface area contributed by atoms with Gasteiger partial charge in [0.1, 0.15) is 6.04 Å². The molecule has 0 aliphatic carbocycles. The normalized spacial score (nSPS) is 18.0. The maximum atomic E-state index is 12.0. The number of phenols is 1. The van der Waals surface area contributed by atoms with E-state index in [2.05, 4.69) is 0 Å². The van der Waals surface area contributed by atoms with Crippen molar-refractivity contribution in [2.45, 2.75) is 18.9 Å². The summed E-state index contributed by atoms with van der Waals surface area (Å²) in [5, 5.41) is 18.6. The van der Waals surface area contributed by atoms with Crippen molar-refractivity contribution in [2.24, 2.45) is 0 Å². The topological polar surface area (TPSA) is 87.1 Å². The Morgan fingerprint density at radius 1 is 1.35 bits per heavy atom. The Hall–Kier alpha value is -2.76. The fourth-order valence-electron chi connectivity index (χ4n) is 2.49. The molecule has 1 aliphatic rings. The molecule has 0 spiro atoms. The van der Waals surface area contributed by atoms with E-state index in [0.717, 1.165) is 5.56 Å². The van der Waals surface area contributed by atoms with Crippen molar-refractivity contribution in [1.82, 2.24) is 4.90 Å². The molecule has 122 valence electrons. The minimum atomic E-state index is -0.962. The molecule has 1 aromatic rings. The van der Waals surface area contributed by atoms with Crippen molar-refractivity contribution >= 4 is 18.0 Å². The molecule has 2 rings (SSSR count). The van der Waals surface area contributed by atoms with Crippen LogP contribution < -0.4 is 4.74 Å². The van der Waals surface area contributed by atoms with E-state index in [-0.39, 0.29) is 11.7 Å². The Bertz CT molecular complexity index is 650. The molecule has 1 saturated heterocycles. The largest absolute Gasteiger partial charge is 0.504 e. The summed E-state index contributed by atoms with van der Waals surface area (Å²) in [4.78, 5) is 24.4. The average molecular weight is 317 g/mol. The van der Waals surface area contributed by atoms with Crippen molar-refractivity contribution in [2.75, 3.05) is 13.7 Å². The standard InChI is InChI=1S/C17H19NO5/c1-23-15-11-12(8-9-14(15)19)5-2-3-7-16(20)18-10-4-6-13(18)17(21)22/h2-3,5,7-9,11,13,19H,4,6,10H2,1H3,(H,21,22). The van der Waals surface area contributed by atoms with Crippen LogP contribution in [0.25, 0.3) is 6.08 Å². The van der Waals surface area contributed by atoms with Crippen LogP contribution in [0.4, 0.5) is 0 Å². The van der Waals surface area contributed by atoms with Crippen LogP contribution in [0.3, 0.4) is 0 Å². The van der Waals surface area contributed by atoms with Gasteiger partial charge in [0.05, 0.1) is 7.11 Å². The fourth-order valence-corrected chi connectivity index (χ4v) is 2.49. The second-order valence-corrected chi connectivity index (χ2v) is 5.18. The number of carbonyl (C=O) groups excluding carboxylic acids is 1. The quantitative estimate of drug-likeness (QED) is 0.641. The number of methoxy groups -OCH3 is 1. The van der Waals surface area contributed by atoms with Crippen LogP contribution in [-0.2, 0) is 9.59 Å². The number of aromatic hydroxyl groups is 1. The second kappa shape index (κ2) is 7.49. The maximum absolute atomic E-state index is 12.0. The zero-order valence-corrected chi connectivity index (χ0v) is 12.8. The molecule has 0 aromatic heterocycles. The number of phenolic OH excluding ortho intramolecular Hbond substituents is 1. The molecule has 1 atom stereocenters. The number of hydrogen-bond donors (Lipinski definition) is 2. The molecular weight excluding hydrogens is 298 g/mol. The van der Waals surface area contributed by atoms with E-state index < -0.39 is 12.0 Å². The number of likely N-dealkylation sites (tertiary alicyclic amines) is 1. The molecule has 6 nitrogen and oxygen atoms in total. The summed E-state index contributed by atoms with van der Waals surface area (Å²) in [7, 11) is 1.47. The van der Waals surface area contributed by atoms with Crippen molar-refractivity contribution in [1.29, 1.82) is 0 Å². The molecule has 1 aliphatic heterocycles. The van der Waals surface area contributed by atoms with Crippen molar-refractivity contribution in [3.05, 3.63) is 42.0 Å². The first-order chi connectivity index (χ1) is 11.0. The predicted molar refractivity (Wildman–Crippen MR) is 85.2 cm³/mol. The Balaban J connectivity index is 1.98. The van der Waals surface area contributed by atoms with Crippen LogP contribution in [0.5, 0.6) is 11.5 Å². The number of allylic oxidation sites excluding steroid dienone is 2. The lowest BCUT2D eigenvalue weighted by molar-refractivity contribution is -0.146. The van der Waals surface area contributed by atoms with E-state index in [1.807, 2.05) is 0 Å². The Kier molecular flexibility index (Phi) is 5.41. The number of carboxylic acid groups (broad SMARTS) is 1. The molecule has 1 unspecified atom stereocenters. The minimum absolute atomic E-state index is 0.0594.